The maximum Gasteiger partial charge on any atom is 0.246 e. The zero-order valence-corrected chi connectivity index (χ0v) is 15.5. The summed E-state index contributed by atoms with van der Waals surface area (Å²) in [6, 6.07) is 3.43. The maximum atomic E-state index is 13.6. The number of benzene rings is 1. The SMILES string of the molecule is COc1ccc(F)cc1S(=O)(=O)N1CCC(C(=O)N2CCOCC2)CC1. The molecule has 144 valence electrons. The molecular weight excluding hydrogens is 363 g/mol. The Balaban J connectivity index is 1.69. The molecule has 2 saturated heterocycles. The number of morpholine rings is 1. The van der Waals surface area contributed by atoms with Crippen LogP contribution < -0.4 is 4.74 Å². The van der Waals surface area contributed by atoms with Crippen molar-refractivity contribution in [3.8, 4) is 5.75 Å². The Morgan fingerprint density at radius 3 is 2.46 bits per heavy atom. The third-order valence-corrected chi connectivity index (χ3v) is 6.79. The van der Waals surface area contributed by atoms with Gasteiger partial charge in [0.05, 0.1) is 20.3 Å². The van der Waals surface area contributed by atoms with Gasteiger partial charge >= 0.3 is 0 Å². The number of nitrogens with zero attached hydrogens (tertiary/aromatic N) is 2. The second-order valence-corrected chi connectivity index (χ2v) is 8.32. The fraction of sp³-hybridized carbons (Fsp3) is 0.588. The number of halogens is 1. The highest BCUT2D eigenvalue weighted by atomic mass is 32.2. The molecule has 1 amide bonds. The Hall–Kier alpha value is -1.71. The van der Waals surface area contributed by atoms with Crippen LogP contribution in [0, 0.1) is 11.7 Å². The standard InChI is InChI=1S/C17H23FN2O5S/c1-24-15-3-2-14(18)12-16(15)26(22,23)20-6-4-13(5-7-20)17(21)19-8-10-25-11-9-19/h2-3,12-13H,4-11H2,1H3. The van der Waals surface area contributed by atoms with Crippen molar-refractivity contribution in [3.05, 3.63) is 24.0 Å². The molecule has 7 nitrogen and oxygen atoms in total. The molecule has 0 aromatic heterocycles. The molecule has 2 aliphatic heterocycles. The average Bonchev–Trinajstić information content (AvgIpc) is 2.68. The van der Waals surface area contributed by atoms with Crippen molar-refractivity contribution in [1.29, 1.82) is 0 Å². The molecule has 0 unspecified atom stereocenters. The predicted octanol–water partition coefficient (Wildman–Crippen LogP) is 1.09. The van der Waals surface area contributed by atoms with Gasteiger partial charge in [-0.3, -0.25) is 4.79 Å². The maximum absolute atomic E-state index is 13.6. The number of rotatable bonds is 4. The number of carbonyl (C=O) groups is 1. The molecule has 0 bridgehead atoms. The summed E-state index contributed by atoms with van der Waals surface area (Å²) >= 11 is 0. The summed E-state index contributed by atoms with van der Waals surface area (Å²) < 4.78 is 50.9. The van der Waals surface area contributed by atoms with E-state index in [2.05, 4.69) is 0 Å². The first-order valence-electron chi connectivity index (χ1n) is 8.63. The van der Waals surface area contributed by atoms with E-state index in [-0.39, 0.29) is 35.6 Å². The Morgan fingerprint density at radius 1 is 1.19 bits per heavy atom. The smallest absolute Gasteiger partial charge is 0.246 e. The van der Waals surface area contributed by atoms with Crippen LogP contribution in [0.3, 0.4) is 0 Å². The predicted molar refractivity (Wildman–Crippen MR) is 91.8 cm³/mol. The molecule has 3 rings (SSSR count). The van der Waals surface area contributed by atoms with Crippen LogP contribution in [0.1, 0.15) is 12.8 Å². The van der Waals surface area contributed by atoms with Crippen LogP contribution in [0.15, 0.2) is 23.1 Å². The Kier molecular flexibility index (Phi) is 5.79. The van der Waals surface area contributed by atoms with Gasteiger partial charge in [0.25, 0.3) is 0 Å². The Labute approximate surface area is 152 Å². The van der Waals surface area contributed by atoms with E-state index in [1.165, 1.54) is 17.5 Å². The molecular formula is C17H23FN2O5S. The van der Waals surface area contributed by atoms with Crippen LogP contribution in [0.25, 0.3) is 0 Å². The van der Waals surface area contributed by atoms with Gasteiger partial charge in [0.2, 0.25) is 15.9 Å². The highest BCUT2D eigenvalue weighted by Gasteiger charge is 2.35. The molecule has 2 heterocycles. The minimum Gasteiger partial charge on any atom is -0.495 e. The summed E-state index contributed by atoms with van der Waals surface area (Å²) in [7, 11) is -2.53. The Morgan fingerprint density at radius 2 is 1.85 bits per heavy atom. The van der Waals surface area contributed by atoms with Crippen LogP contribution in [0.5, 0.6) is 5.75 Å². The molecule has 1 aromatic carbocycles. The number of amides is 1. The molecule has 0 spiro atoms. The molecule has 1 aromatic rings. The number of hydrogen-bond acceptors (Lipinski definition) is 5. The van der Waals surface area contributed by atoms with Gasteiger partial charge in [-0.1, -0.05) is 0 Å². The van der Waals surface area contributed by atoms with Gasteiger partial charge in [-0.15, -0.1) is 0 Å². The lowest BCUT2D eigenvalue weighted by Crippen LogP contribution is -2.47. The number of ether oxygens (including phenoxy) is 2. The number of methoxy groups -OCH3 is 1. The van der Waals surface area contributed by atoms with Gasteiger partial charge in [-0.25, -0.2) is 12.8 Å². The number of hydrogen-bond donors (Lipinski definition) is 0. The van der Waals surface area contributed by atoms with Crippen molar-refractivity contribution in [1.82, 2.24) is 9.21 Å². The highest BCUT2D eigenvalue weighted by Crippen LogP contribution is 2.30. The second-order valence-electron chi connectivity index (χ2n) is 6.41. The van der Waals surface area contributed by atoms with Crippen molar-refractivity contribution in [2.45, 2.75) is 17.7 Å². The van der Waals surface area contributed by atoms with Crippen LogP contribution >= 0.6 is 0 Å². The van der Waals surface area contributed by atoms with Gasteiger partial charge in [0.1, 0.15) is 16.5 Å². The molecule has 0 atom stereocenters. The summed E-state index contributed by atoms with van der Waals surface area (Å²) in [4.78, 5) is 14.2. The van der Waals surface area contributed by atoms with E-state index >= 15 is 0 Å². The zero-order chi connectivity index (χ0) is 18.7. The van der Waals surface area contributed by atoms with Crippen LogP contribution in [-0.2, 0) is 19.6 Å². The van der Waals surface area contributed by atoms with E-state index in [0.717, 1.165) is 12.1 Å². The van der Waals surface area contributed by atoms with Crippen molar-refractivity contribution in [2.24, 2.45) is 5.92 Å². The molecule has 2 aliphatic rings. The molecule has 26 heavy (non-hydrogen) atoms. The van der Waals surface area contributed by atoms with E-state index in [0.29, 0.717) is 39.1 Å². The summed E-state index contributed by atoms with van der Waals surface area (Å²) in [5.41, 5.74) is 0. The van der Waals surface area contributed by atoms with Gasteiger partial charge in [-0.2, -0.15) is 4.31 Å². The third kappa shape index (κ3) is 3.84. The lowest BCUT2D eigenvalue weighted by atomic mass is 9.96. The molecule has 0 radical (unpaired) electrons. The first-order chi connectivity index (χ1) is 12.4. The van der Waals surface area contributed by atoms with E-state index in [1.54, 1.807) is 4.90 Å². The van der Waals surface area contributed by atoms with E-state index in [4.69, 9.17) is 9.47 Å². The minimum atomic E-state index is -3.88. The molecule has 2 fully saturated rings. The normalized spacial score (nSPS) is 20.2. The largest absolute Gasteiger partial charge is 0.495 e. The van der Waals surface area contributed by atoms with Crippen LogP contribution in [0.2, 0.25) is 0 Å². The summed E-state index contributed by atoms with van der Waals surface area (Å²) in [6.07, 6.45) is 0.903. The summed E-state index contributed by atoms with van der Waals surface area (Å²) in [5.74, 6) is -0.651. The quantitative estimate of drug-likeness (QED) is 0.774. The minimum absolute atomic E-state index is 0.0636. The van der Waals surface area contributed by atoms with Gasteiger partial charge < -0.3 is 14.4 Å². The van der Waals surface area contributed by atoms with Crippen LogP contribution in [0.4, 0.5) is 4.39 Å². The summed E-state index contributed by atoms with van der Waals surface area (Å²) in [5, 5.41) is 0. The Bertz CT molecular complexity index is 756. The number of piperidine rings is 1. The topological polar surface area (TPSA) is 76.2 Å². The molecule has 0 saturated carbocycles. The average molecular weight is 386 g/mol. The number of sulfonamides is 1. The molecule has 0 aliphatic carbocycles. The van der Waals surface area contributed by atoms with Crippen molar-refractivity contribution in [2.75, 3.05) is 46.5 Å². The molecule has 0 N–H and O–H groups in total. The lowest BCUT2D eigenvalue weighted by Gasteiger charge is -2.35. The van der Waals surface area contributed by atoms with Crippen molar-refractivity contribution < 1.29 is 27.1 Å². The first-order valence-corrected chi connectivity index (χ1v) is 10.1. The summed E-state index contributed by atoms with van der Waals surface area (Å²) in [6.45, 7) is 2.69. The fourth-order valence-corrected chi connectivity index (χ4v) is 5.01. The molecule has 9 heteroatoms. The fourth-order valence-electron chi connectivity index (χ4n) is 3.38. The highest BCUT2D eigenvalue weighted by molar-refractivity contribution is 7.89. The lowest BCUT2D eigenvalue weighted by molar-refractivity contribution is -0.140. The monoisotopic (exact) mass is 386 g/mol. The van der Waals surface area contributed by atoms with Gasteiger partial charge in [0.15, 0.2) is 0 Å². The zero-order valence-electron chi connectivity index (χ0n) is 14.7. The van der Waals surface area contributed by atoms with Crippen molar-refractivity contribution in [3.63, 3.8) is 0 Å². The van der Waals surface area contributed by atoms with Crippen LogP contribution in [-0.4, -0.2) is 70.0 Å². The second kappa shape index (κ2) is 7.89. The van der Waals surface area contributed by atoms with Gasteiger partial charge in [0, 0.05) is 32.1 Å². The van der Waals surface area contributed by atoms with E-state index in [9.17, 15) is 17.6 Å². The van der Waals surface area contributed by atoms with E-state index in [1.807, 2.05) is 0 Å². The van der Waals surface area contributed by atoms with Crippen molar-refractivity contribution >= 4 is 15.9 Å². The number of carbonyl (C=O) groups excluding carboxylic acids is 1. The first kappa shape index (κ1) is 19.1. The van der Waals surface area contributed by atoms with E-state index < -0.39 is 15.8 Å². The third-order valence-electron chi connectivity index (χ3n) is 4.87. The van der Waals surface area contributed by atoms with Gasteiger partial charge in [-0.05, 0) is 31.0 Å².